The van der Waals surface area contributed by atoms with Crippen LogP contribution < -0.4 is 10.9 Å². The maximum atomic E-state index is 9.96. The molecule has 0 aromatic heterocycles. The predicted molar refractivity (Wildman–Crippen MR) is 25.7 cm³/mol. The molecule has 0 aromatic rings. The molecule has 0 bridgehead atoms. The highest BCUT2D eigenvalue weighted by Crippen LogP contribution is 1.63. The first-order valence-electron chi connectivity index (χ1n) is 1.88. The standard InChI is InChI=1S/CH2N4O5/c6-1(2-4(7)8)3-5(9)10/h(H2,2,3,6). The minimum Gasteiger partial charge on any atom is -0.237 e. The highest BCUT2D eigenvalue weighted by Gasteiger charge is 2.11. The van der Waals surface area contributed by atoms with Gasteiger partial charge >= 0.3 is 6.03 Å². The monoisotopic (exact) mass is 150 g/mol. The second-order valence-electron chi connectivity index (χ2n) is 1.07. The Bertz CT molecular complexity index is 156. The van der Waals surface area contributed by atoms with E-state index in [1.54, 1.807) is 0 Å². The average Bonchev–Trinajstić information content (AvgIpc) is 1.58. The zero-order chi connectivity index (χ0) is 8.15. The summed E-state index contributed by atoms with van der Waals surface area (Å²) in [5.74, 6) is 0. The molecular formula is CH2N4O5. The van der Waals surface area contributed by atoms with E-state index in [1.807, 2.05) is 0 Å². The molecule has 2 N–H and O–H groups in total. The third-order valence-corrected chi connectivity index (χ3v) is 0.386. The highest BCUT2D eigenvalue weighted by molar-refractivity contribution is 5.70. The van der Waals surface area contributed by atoms with Crippen LogP contribution in [0.2, 0.25) is 0 Å². The van der Waals surface area contributed by atoms with Crippen molar-refractivity contribution in [3.05, 3.63) is 20.2 Å². The highest BCUT2D eigenvalue weighted by atomic mass is 16.7. The molecule has 0 saturated heterocycles. The van der Waals surface area contributed by atoms with E-state index >= 15 is 0 Å². The number of carbonyl (C=O) groups excluding carboxylic acids is 1. The molecule has 0 aliphatic carbocycles. The van der Waals surface area contributed by atoms with E-state index in [4.69, 9.17) is 0 Å². The molecule has 0 aliphatic heterocycles. The Morgan fingerprint density at radius 1 is 1.10 bits per heavy atom. The third-order valence-electron chi connectivity index (χ3n) is 0.386. The van der Waals surface area contributed by atoms with Crippen LogP contribution in [0.25, 0.3) is 0 Å². The van der Waals surface area contributed by atoms with Crippen molar-refractivity contribution in [1.29, 1.82) is 0 Å². The molecular weight excluding hydrogens is 148 g/mol. The van der Waals surface area contributed by atoms with Gasteiger partial charge in [0, 0.05) is 0 Å². The number of urea groups is 1. The van der Waals surface area contributed by atoms with Crippen LogP contribution in [0.4, 0.5) is 4.79 Å². The van der Waals surface area contributed by atoms with Gasteiger partial charge in [0.1, 0.15) is 0 Å². The van der Waals surface area contributed by atoms with Gasteiger partial charge in [-0.25, -0.2) is 25.0 Å². The number of hydrogen-bond donors (Lipinski definition) is 2. The molecule has 0 atom stereocenters. The molecule has 0 unspecified atom stereocenters. The van der Waals surface area contributed by atoms with Gasteiger partial charge in [-0.1, -0.05) is 0 Å². The molecule has 0 spiro atoms. The number of carbonyl (C=O) groups is 1. The lowest BCUT2D eigenvalue weighted by Crippen LogP contribution is -2.41. The predicted octanol–water partition coefficient (Wildman–Crippen LogP) is -1.33. The fraction of sp³-hybridized carbons (Fsp3) is 0. The summed E-state index contributed by atoms with van der Waals surface area (Å²) < 4.78 is 0. The van der Waals surface area contributed by atoms with Gasteiger partial charge in [-0.15, -0.1) is 0 Å². The first-order chi connectivity index (χ1) is 4.52. The van der Waals surface area contributed by atoms with Crippen molar-refractivity contribution in [2.24, 2.45) is 0 Å². The Kier molecular flexibility index (Phi) is 2.56. The molecule has 0 rings (SSSR count). The summed E-state index contributed by atoms with van der Waals surface area (Å²) in [6.07, 6.45) is 0. The van der Waals surface area contributed by atoms with Gasteiger partial charge in [0.15, 0.2) is 10.1 Å². The molecule has 2 amide bonds. The lowest BCUT2D eigenvalue weighted by Gasteiger charge is -1.89. The summed E-state index contributed by atoms with van der Waals surface area (Å²) in [5, 5.41) is 16.4. The number of hydrogen-bond acceptors (Lipinski definition) is 5. The van der Waals surface area contributed by atoms with E-state index in [0.717, 1.165) is 10.9 Å². The Balaban J connectivity index is 3.65. The first kappa shape index (κ1) is 8.07. The lowest BCUT2D eigenvalue weighted by atomic mass is 11.1. The van der Waals surface area contributed by atoms with Gasteiger partial charge < -0.3 is 0 Å². The summed E-state index contributed by atoms with van der Waals surface area (Å²) in [7, 11) is 0. The Morgan fingerprint density at radius 3 is 1.60 bits per heavy atom. The van der Waals surface area contributed by atoms with Gasteiger partial charge in [0.25, 0.3) is 0 Å². The summed E-state index contributed by atoms with van der Waals surface area (Å²) in [6.45, 7) is 0. The van der Waals surface area contributed by atoms with Crippen molar-refractivity contribution in [3.8, 4) is 0 Å². The summed E-state index contributed by atoms with van der Waals surface area (Å²) in [5.41, 5.74) is 2.01. The van der Waals surface area contributed by atoms with E-state index in [9.17, 15) is 25.0 Å². The average molecular weight is 150 g/mol. The number of amides is 2. The summed E-state index contributed by atoms with van der Waals surface area (Å²) in [6, 6.07) is -1.49. The van der Waals surface area contributed by atoms with E-state index in [1.165, 1.54) is 0 Å². The van der Waals surface area contributed by atoms with Crippen LogP contribution in [0, 0.1) is 20.2 Å². The van der Waals surface area contributed by atoms with Gasteiger partial charge in [-0.3, -0.25) is 0 Å². The Morgan fingerprint density at radius 2 is 1.40 bits per heavy atom. The molecule has 0 aliphatic rings. The van der Waals surface area contributed by atoms with Crippen LogP contribution in [0.1, 0.15) is 0 Å². The fourth-order valence-corrected chi connectivity index (χ4v) is 0.191. The molecule has 56 valence electrons. The number of nitrogens with one attached hydrogen (secondary N) is 2. The van der Waals surface area contributed by atoms with Gasteiger partial charge in [-0.05, 0) is 10.9 Å². The largest absolute Gasteiger partial charge is 0.430 e. The summed E-state index contributed by atoms with van der Waals surface area (Å²) in [4.78, 5) is 28.8. The molecule has 0 heterocycles. The van der Waals surface area contributed by atoms with Crippen LogP contribution in [0.3, 0.4) is 0 Å². The van der Waals surface area contributed by atoms with Crippen molar-refractivity contribution in [1.82, 2.24) is 10.9 Å². The SMILES string of the molecule is O=C(N[N+](=O)[O-])N[N+](=O)[O-]. The van der Waals surface area contributed by atoms with E-state index in [-0.39, 0.29) is 0 Å². The zero-order valence-electron chi connectivity index (χ0n) is 4.44. The van der Waals surface area contributed by atoms with Gasteiger partial charge in [0.05, 0.1) is 0 Å². The Labute approximate surface area is 53.2 Å². The first-order valence-corrected chi connectivity index (χ1v) is 1.88. The number of nitro groups is 2. The van der Waals surface area contributed by atoms with E-state index in [2.05, 4.69) is 0 Å². The van der Waals surface area contributed by atoms with Gasteiger partial charge in [-0.2, -0.15) is 0 Å². The van der Waals surface area contributed by atoms with Crippen LogP contribution in [-0.4, -0.2) is 16.1 Å². The molecule has 9 nitrogen and oxygen atoms in total. The van der Waals surface area contributed by atoms with Crippen molar-refractivity contribution in [3.63, 3.8) is 0 Å². The van der Waals surface area contributed by atoms with Crippen LogP contribution in [0.5, 0.6) is 0 Å². The fourth-order valence-electron chi connectivity index (χ4n) is 0.191. The molecule has 0 saturated carbocycles. The molecule has 0 aromatic carbocycles. The zero-order valence-corrected chi connectivity index (χ0v) is 4.44. The van der Waals surface area contributed by atoms with Crippen molar-refractivity contribution < 1.29 is 14.9 Å². The van der Waals surface area contributed by atoms with E-state index in [0.29, 0.717) is 0 Å². The quantitative estimate of drug-likeness (QED) is 0.372. The van der Waals surface area contributed by atoms with Gasteiger partial charge in [0.2, 0.25) is 0 Å². The minimum absolute atomic E-state index is 1.00. The maximum absolute atomic E-state index is 9.96. The van der Waals surface area contributed by atoms with Crippen LogP contribution >= 0.6 is 0 Å². The second kappa shape index (κ2) is 3.17. The van der Waals surface area contributed by atoms with Crippen LogP contribution in [0.15, 0.2) is 0 Å². The number of nitrogens with zero attached hydrogens (tertiary/aromatic N) is 2. The Hall–Kier alpha value is -1.93. The molecule has 9 heteroatoms. The van der Waals surface area contributed by atoms with Crippen molar-refractivity contribution in [2.45, 2.75) is 0 Å². The van der Waals surface area contributed by atoms with Crippen LogP contribution in [-0.2, 0) is 0 Å². The molecule has 10 heavy (non-hydrogen) atoms. The maximum Gasteiger partial charge on any atom is 0.430 e. The lowest BCUT2D eigenvalue weighted by molar-refractivity contribution is -0.552. The van der Waals surface area contributed by atoms with Crippen molar-refractivity contribution in [2.75, 3.05) is 0 Å². The molecule has 0 fully saturated rings. The van der Waals surface area contributed by atoms with E-state index < -0.39 is 16.1 Å². The topological polar surface area (TPSA) is 127 Å². The molecule has 0 radical (unpaired) electrons. The van der Waals surface area contributed by atoms with Crippen molar-refractivity contribution >= 4 is 6.03 Å². The number of rotatable bonds is 2. The number of hydrazine groups is 2. The third kappa shape index (κ3) is 4.23. The smallest absolute Gasteiger partial charge is 0.237 e. The normalized spacial score (nSPS) is 8.00. The summed E-state index contributed by atoms with van der Waals surface area (Å²) >= 11 is 0. The second-order valence-corrected chi connectivity index (χ2v) is 1.07. The minimum atomic E-state index is -1.49.